The number of likely N-dealkylation sites (tertiary alicyclic amines) is 1. The van der Waals surface area contributed by atoms with Gasteiger partial charge in [0.05, 0.1) is 5.02 Å². The molecule has 2 heterocycles. The summed E-state index contributed by atoms with van der Waals surface area (Å²) in [4.78, 5) is 5.82. The zero-order valence-electron chi connectivity index (χ0n) is 12.8. The van der Waals surface area contributed by atoms with Crippen LogP contribution in [0.1, 0.15) is 23.5 Å². The molecule has 4 heteroatoms. The van der Waals surface area contributed by atoms with Crippen molar-refractivity contribution in [3.63, 3.8) is 0 Å². The van der Waals surface area contributed by atoms with Crippen molar-refractivity contribution in [3.8, 4) is 5.75 Å². The van der Waals surface area contributed by atoms with Gasteiger partial charge in [0.25, 0.3) is 0 Å². The lowest BCUT2D eigenvalue weighted by atomic mass is 9.98. The molecule has 1 atom stereocenters. The van der Waals surface area contributed by atoms with Crippen molar-refractivity contribution in [3.05, 3.63) is 64.8 Å². The topological polar surface area (TPSA) is 39.3 Å². The van der Waals surface area contributed by atoms with Gasteiger partial charge in [-0.2, -0.15) is 0 Å². The third kappa shape index (κ3) is 2.82. The number of nitrogens with one attached hydrogen (secondary N) is 1. The second kappa shape index (κ2) is 5.91. The highest BCUT2D eigenvalue weighted by Crippen LogP contribution is 2.33. The Hall–Kier alpha value is -1.97. The monoisotopic (exact) mass is 326 g/mol. The maximum Gasteiger partial charge on any atom is 0.134 e. The van der Waals surface area contributed by atoms with Crippen LogP contribution in [0, 0.1) is 0 Å². The fourth-order valence-corrected chi connectivity index (χ4v) is 3.65. The summed E-state index contributed by atoms with van der Waals surface area (Å²) >= 11 is 5.90. The average molecular weight is 327 g/mol. The van der Waals surface area contributed by atoms with Crippen LogP contribution >= 0.6 is 11.6 Å². The summed E-state index contributed by atoms with van der Waals surface area (Å²) < 4.78 is 0. The van der Waals surface area contributed by atoms with E-state index in [9.17, 15) is 5.11 Å². The van der Waals surface area contributed by atoms with E-state index >= 15 is 0 Å². The van der Waals surface area contributed by atoms with Crippen molar-refractivity contribution in [1.29, 1.82) is 0 Å². The molecule has 0 bridgehead atoms. The van der Waals surface area contributed by atoms with Crippen LogP contribution in [0.25, 0.3) is 10.9 Å². The number of para-hydroxylation sites is 1. The van der Waals surface area contributed by atoms with Crippen LogP contribution in [0.4, 0.5) is 0 Å². The molecule has 1 unspecified atom stereocenters. The third-order valence-electron chi connectivity index (χ3n) is 4.78. The molecular weight excluding hydrogens is 308 g/mol. The molecule has 2 N–H and O–H groups in total. The number of fused-ring (bicyclic) bond motifs is 1. The van der Waals surface area contributed by atoms with Gasteiger partial charge in [0.15, 0.2) is 0 Å². The number of aromatic nitrogens is 1. The summed E-state index contributed by atoms with van der Waals surface area (Å²) in [5.41, 5.74) is 3.72. The molecule has 4 rings (SSSR count). The van der Waals surface area contributed by atoms with E-state index in [-0.39, 0.29) is 5.75 Å². The first-order valence-corrected chi connectivity index (χ1v) is 8.34. The number of rotatable bonds is 3. The molecule has 1 aliphatic heterocycles. The second-order valence-corrected chi connectivity index (χ2v) is 6.70. The van der Waals surface area contributed by atoms with E-state index in [4.69, 9.17) is 11.6 Å². The number of aromatic hydroxyl groups is 1. The summed E-state index contributed by atoms with van der Waals surface area (Å²) in [7, 11) is 0. The molecule has 1 aromatic heterocycles. The van der Waals surface area contributed by atoms with Crippen LogP contribution in [-0.2, 0) is 6.54 Å². The van der Waals surface area contributed by atoms with E-state index in [2.05, 4.69) is 40.3 Å². The predicted octanol–water partition coefficient (Wildman–Crippen LogP) is 4.52. The molecule has 1 saturated heterocycles. The first kappa shape index (κ1) is 14.6. The Kier molecular flexibility index (Phi) is 3.76. The fourth-order valence-electron chi connectivity index (χ4n) is 3.54. The number of aromatic amines is 1. The van der Waals surface area contributed by atoms with E-state index in [0.717, 1.165) is 26.1 Å². The highest BCUT2D eigenvalue weighted by molar-refractivity contribution is 6.32. The van der Waals surface area contributed by atoms with Crippen LogP contribution in [0.5, 0.6) is 5.75 Å². The molecule has 2 aromatic carbocycles. The van der Waals surface area contributed by atoms with Crippen molar-refractivity contribution in [2.75, 3.05) is 13.1 Å². The lowest BCUT2D eigenvalue weighted by Gasteiger charge is -2.16. The minimum atomic E-state index is 0.180. The SMILES string of the molecule is Oc1cc(C2CCN(Cc3c[nH]c4ccccc34)C2)ccc1Cl. The molecule has 3 aromatic rings. The number of benzene rings is 2. The first-order chi connectivity index (χ1) is 11.2. The zero-order chi connectivity index (χ0) is 15.8. The molecule has 0 saturated carbocycles. The van der Waals surface area contributed by atoms with Gasteiger partial charge < -0.3 is 10.1 Å². The van der Waals surface area contributed by atoms with E-state index in [0.29, 0.717) is 10.9 Å². The molecule has 0 radical (unpaired) electrons. The summed E-state index contributed by atoms with van der Waals surface area (Å²) in [6.45, 7) is 3.05. The van der Waals surface area contributed by atoms with Crippen molar-refractivity contribution in [2.45, 2.75) is 18.9 Å². The number of hydrogen-bond acceptors (Lipinski definition) is 2. The lowest BCUT2D eigenvalue weighted by Crippen LogP contribution is -2.19. The average Bonchev–Trinajstić information content (AvgIpc) is 3.18. The molecule has 0 amide bonds. The Morgan fingerprint density at radius 1 is 1.22 bits per heavy atom. The van der Waals surface area contributed by atoms with Gasteiger partial charge in [-0.3, -0.25) is 4.90 Å². The number of nitrogens with zero attached hydrogens (tertiary/aromatic N) is 1. The Morgan fingerprint density at radius 2 is 2.09 bits per heavy atom. The lowest BCUT2D eigenvalue weighted by molar-refractivity contribution is 0.328. The van der Waals surface area contributed by atoms with Crippen LogP contribution in [0.2, 0.25) is 5.02 Å². The van der Waals surface area contributed by atoms with E-state index < -0.39 is 0 Å². The molecule has 23 heavy (non-hydrogen) atoms. The first-order valence-electron chi connectivity index (χ1n) is 7.96. The highest BCUT2D eigenvalue weighted by Gasteiger charge is 2.25. The Labute approximate surface area is 140 Å². The van der Waals surface area contributed by atoms with Gasteiger partial charge in [0, 0.05) is 30.2 Å². The summed E-state index contributed by atoms with van der Waals surface area (Å²) in [5.74, 6) is 0.641. The summed E-state index contributed by atoms with van der Waals surface area (Å²) in [5, 5.41) is 11.5. The maximum atomic E-state index is 9.80. The number of phenols is 1. The fraction of sp³-hybridized carbons (Fsp3) is 0.263. The number of hydrogen-bond donors (Lipinski definition) is 2. The molecule has 0 aliphatic carbocycles. The maximum absolute atomic E-state index is 9.80. The Bertz CT molecular complexity index is 842. The van der Waals surface area contributed by atoms with E-state index in [1.165, 1.54) is 22.0 Å². The van der Waals surface area contributed by atoms with E-state index in [1.54, 1.807) is 6.07 Å². The van der Waals surface area contributed by atoms with Crippen LogP contribution in [0.15, 0.2) is 48.7 Å². The molecule has 0 spiro atoms. The molecule has 1 aliphatic rings. The molecule has 1 fully saturated rings. The van der Waals surface area contributed by atoms with Gasteiger partial charge in [0.2, 0.25) is 0 Å². The molecule has 118 valence electrons. The Balaban J connectivity index is 1.49. The van der Waals surface area contributed by atoms with Crippen molar-refractivity contribution >= 4 is 22.5 Å². The van der Waals surface area contributed by atoms with Gasteiger partial charge >= 0.3 is 0 Å². The number of phenolic OH excluding ortho intramolecular Hbond substituents is 1. The summed E-state index contributed by atoms with van der Waals surface area (Å²) in [6.07, 6.45) is 3.23. The smallest absolute Gasteiger partial charge is 0.134 e. The van der Waals surface area contributed by atoms with Gasteiger partial charge in [0.1, 0.15) is 5.75 Å². The van der Waals surface area contributed by atoms with Crippen LogP contribution < -0.4 is 0 Å². The molecular formula is C19H19ClN2O. The van der Waals surface area contributed by atoms with Gasteiger partial charge in [-0.15, -0.1) is 0 Å². The highest BCUT2D eigenvalue weighted by atomic mass is 35.5. The number of halogens is 1. The summed E-state index contributed by atoms with van der Waals surface area (Å²) in [6, 6.07) is 14.1. The van der Waals surface area contributed by atoms with Crippen LogP contribution in [0.3, 0.4) is 0 Å². The van der Waals surface area contributed by atoms with Gasteiger partial charge in [-0.1, -0.05) is 35.9 Å². The van der Waals surface area contributed by atoms with Crippen LogP contribution in [-0.4, -0.2) is 28.1 Å². The van der Waals surface area contributed by atoms with Gasteiger partial charge in [-0.05, 0) is 48.2 Å². The number of H-pyrrole nitrogens is 1. The largest absolute Gasteiger partial charge is 0.506 e. The minimum Gasteiger partial charge on any atom is -0.506 e. The van der Waals surface area contributed by atoms with Crippen molar-refractivity contribution in [2.24, 2.45) is 0 Å². The zero-order valence-corrected chi connectivity index (χ0v) is 13.6. The second-order valence-electron chi connectivity index (χ2n) is 6.29. The van der Waals surface area contributed by atoms with Gasteiger partial charge in [-0.25, -0.2) is 0 Å². The Morgan fingerprint density at radius 3 is 2.96 bits per heavy atom. The standard InChI is InChI=1S/C19H19ClN2O/c20-17-6-5-13(9-19(17)23)14-7-8-22(11-14)12-15-10-21-18-4-2-1-3-16(15)18/h1-6,9-10,14,21,23H,7-8,11-12H2. The van der Waals surface area contributed by atoms with E-state index in [1.807, 2.05) is 12.1 Å². The quantitative estimate of drug-likeness (QED) is 0.743. The third-order valence-corrected chi connectivity index (χ3v) is 5.10. The minimum absolute atomic E-state index is 0.180. The predicted molar refractivity (Wildman–Crippen MR) is 94.1 cm³/mol. The normalized spacial score (nSPS) is 18.7. The molecule has 3 nitrogen and oxygen atoms in total. The van der Waals surface area contributed by atoms with Crippen molar-refractivity contribution in [1.82, 2.24) is 9.88 Å². The van der Waals surface area contributed by atoms with Crippen molar-refractivity contribution < 1.29 is 5.11 Å².